The van der Waals surface area contributed by atoms with E-state index in [4.69, 9.17) is 12.2 Å². The standard InChI is InChI=1S/C19H30N4O2S2/c1-11(2)16(21-17(24)15-9-6-10-27-15)18(25)22-23-19(26)20-14-8-5-7-12(3)13(14)4/h6,9-14,16H,5,7-8H2,1-4H3,(H,21,24)(H,22,25)(H2,20,23,26)/t12-,13+,14+,16+/m0/s1. The van der Waals surface area contributed by atoms with Gasteiger partial charge in [0.05, 0.1) is 4.88 Å². The smallest absolute Gasteiger partial charge is 0.262 e. The number of hydrazine groups is 1. The van der Waals surface area contributed by atoms with Gasteiger partial charge in [0.25, 0.3) is 11.8 Å². The van der Waals surface area contributed by atoms with Crippen LogP contribution in [0.3, 0.4) is 0 Å². The van der Waals surface area contributed by atoms with Crippen LogP contribution in [0.5, 0.6) is 0 Å². The van der Waals surface area contributed by atoms with Crippen LogP contribution in [0.15, 0.2) is 17.5 Å². The minimum atomic E-state index is -0.650. The second-order valence-electron chi connectivity index (χ2n) is 7.63. The number of hydrogen-bond acceptors (Lipinski definition) is 4. The molecule has 1 heterocycles. The zero-order valence-corrected chi connectivity index (χ0v) is 18.0. The van der Waals surface area contributed by atoms with Gasteiger partial charge >= 0.3 is 0 Å². The average Bonchev–Trinajstić information content (AvgIpc) is 3.16. The first-order valence-corrected chi connectivity index (χ1v) is 10.8. The van der Waals surface area contributed by atoms with Gasteiger partial charge in [-0.1, -0.05) is 46.6 Å². The van der Waals surface area contributed by atoms with Crippen molar-refractivity contribution in [3.8, 4) is 0 Å². The van der Waals surface area contributed by atoms with E-state index >= 15 is 0 Å². The van der Waals surface area contributed by atoms with Gasteiger partial charge in [-0.25, -0.2) is 0 Å². The predicted octanol–water partition coefficient (Wildman–Crippen LogP) is 2.82. The molecule has 0 radical (unpaired) electrons. The maximum absolute atomic E-state index is 12.5. The molecule has 0 unspecified atom stereocenters. The molecule has 4 N–H and O–H groups in total. The molecular formula is C19H30N4O2S2. The minimum absolute atomic E-state index is 0.0588. The van der Waals surface area contributed by atoms with Crippen molar-refractivity contribution in [1.29, 1.82) is 0 Å². The molecule has 1 aliphatic carbocycles. The van der Waals surface area contributed by atoms with Gasteiger partial charge in [0.2, 0.25) is 0 Å². The van der Waals surface area contributed by atoms with Gasteiger partial charge in [0, 0.05) is 6.04 Å². The van der Waals surface area contributed by atoms with Crippen LogP contribution in [0.4, 0.5) is 0 Å². The highest BCUT2D eigenvalue weighted by molar-refractivity contribution is 7.80. The number of thiocarbonyl (C=S) groups is 1. The summed E-state index contributed by atoms with van der Waals surface area (Å²) in [7, 11) is 0. The summed E-state index contributed by atoms with van der Waals surface area (Å²) < 4.78 is 0. The monoisotopic (exact) mass is 410 g/mol. The number of rotatable bonds is 5. The Labute approximate surface area is 170 Å². The van der Waals surface area contributed by atoms with Gasteiger partial charge in [-0.3, -0.25) is 20.4 Å². The summed E-state index contributed by atoms with van der Waals surface area (Å²) in [6.07, 6.45) is 3.51. The molecule has 1 fully saturated rings. The maximum atomic E-state index is 12.5. The molecule has 0 saturated heterocycles. The normalized spacial score (nSPS) is 23.4. The molecule has 0 aromatic carbocycles. The summed E-state index contributed by atoms with van der Waals surface area (Å²) in [5.41, 5.74) is 5.41. The molecule has 0 bridgehead atoms. The molecule has 1 aromatic heterocycles. The topological polar surface area (TPSA) is 82.3 Å². The van der Waals surface area contributed by atoms with Crippen LogP contribution >= 0.6 is 23.6 Å². The van der Waals surface area contributed by atoms with Crippen molar-refractivity contribution >= 4 is 40.5 Å². The van der Waals surface area contributed by atoms with E-state index in [1.165, 1.54) is 24.2 Å². The van der Waals surface area contributed by atoms with Gasteiger partial charge in [-0.15, -0.1) is 11.3 Å². The molecule has 2 rings (SSSR count). The fourth-order valence-corrected chi connectivity index (χ4v) is 4.17. The highest BCUT2D eigenvalue weighted by Gasteiger charge is 2.28. The van der Waals surface area contributed by atoms with E-state index in [0.29, 0.717) is 27.9 Å². The van der Waals surface area contributed by atoms with E-state index in [1.807, 2.05) is 25.3 Å². The number of thiophene rings is 1. The van der Waals surface area contributed by atoms with E-state index in [-0.39, 0.29) is 17.7 Å². The Morgan fingerprint density at radius 2 is 1.96 bits per heavy atom. The molecule has 6 nitrogen and oxygen atoms in total. The first kappa shape index (κ1) is 21.6. The molecule has 0 spiro atoms. The Kier molecular flexibility index (Phi) is 8.04. The lowest BCUT2D eigenvalue weighted by Gasteiger charge is -2.35. The van der Waals surface area contributed by atoms with Crippen molar-refractivity contribution in [2.45, 2.75) is 59.0 Å². The Balaban J connectivity index is 1.84. The fourth-order valence-electron chi connectivity index (χ4n) is 3.34. The Morgan fingerprint density at radius 3 is 2.59 bits per heavy atom. The number of nitrogens with one attached hydrogen (secondary N) is 4. The Bertz CT molecular complexity index is 648. The largest absolute Gasteiger partial charge is 0.358 e. The van der Waals surface area contributed by atoms with E-state index in [1.54, 1.807) is 6.07 Å². The number of carbonyl (C=O) groups is 2. The van der Waals surface area contributed by atoms with Crippen molar-refractivity contribution in [3.63, 3.8) is 0 Å². The zero-order chi connectivity index (χ0) is 20.0. The third-order valence-corrected chi connectivity index (χ3v) is 6.39. The second kappa shape index (κ2) is 10.0. The molecule has 2 amide bonds. The fraction of sp³-hybridized carbons (Fsp3) is 0.632. The molecular weight excluding hydrogens is 380 g/mol. The van der Waals surface area contributed by atoms with Gasteiger partial charge in [0.1, 0.15) is 6.04 Å². The Hall–Kier alpha value is -1.67. The van der Waals surface area contributed by atoms with Crippen molar-refractivity contribution in [1.82, 2.24) is 21.5 Å². The van der Waals surface area contributed by atoms with Crippen LogP contribution in [-0.2, 0) is 4.79 Å². The first-order valence-electron chi connectivity index (χ1n) is 9.50. The van der Waals surface area contributed by atoms with Crippen LogP contribution in [-0.4, -0.2) is 29.0 Å². The van der Waals surface area contributed by atoms with E-state index in [9.17, 15) is 9.59 Å². The highest BCUT2D eigenvalue weighted by Crippen LogP contribution is 2.29. The SMILES string of the molecule is CC(C)[C@@H](NC(=O)c1cccs1)C(=O)NNC(=S)N[C@@H]1CCC[C@H](C)[C@H]1C. The van der Waals surface area contributed by atoms with Crippen LogP contribution in [0.1, 0.15) is 56.6 Å². The summed E-state index contributed by atoms with van der Waals surface area (Å²) in [6, 6.07) is 3.20. The maximum Gasteiger partial charge on any atom is 0.262 e. The van der Waals surface area contributed by atoms with Crippen molar-refractivity contribution in [2.75, 3.05) is 0 Å². The molecule has 0 aliphatic heterocycles. The van der Waals surface area contributed by atoms with Gasteiger partial charge in [-0.05, 0) is 47.8 Å². The molecule has 27 heavy (non-hydrogen) atoms. The lowest BCUT2D eigenvalue weighted by molar-refractivity contribution is -0.124. The van der Waals surface area contributed by atoms with Crippen molar-refractivity contribution in [3.05, 3.63) is 22.4 Å². The van der Waals surface area contributed by atoms with Gasteiger partial charge in [-0.2, -0.15) is 0 Å². The molecule has 1 saturated carbocycles. The van der Waals surface area contributed by atoms with Gasteiger partial charge < -0.3 is 10.6 Å². The Morgan fingerprint density at radius 1 is 1.22 bits per heavy atom. The number of hydrogen-bond donors (Lipinski definition) is 4. The van der Waals surface area contributed by atoms with Crippen molar-refractivity contribution in [2.24, 2.45) is 17.8 Å². The predicted molar refractivity (Wildman–Crippen MR) is 113 cm³/mol. The summed E-state index contributed by atoms with van der Waals surface area (Å²) in [6.45, 7) is 8.28. The quantitative estimate of drug-likeness (QED) is 0.443. The lowest BCUT2D eigenvalue weighted by atomic mass is 9.78. The minimum Gasteiger partial charge on any atom is -0.358 e. The highest BCUT2D eigenvalue weighted by atomic mass is 32.1. The molecule has 150 valence electrons. The van der Waals surface area contributed by atoms with E-state index < -0.39 is 6.04 Å². The molecule has 8 heteroatoms. The second-order valence-corrected chi connectivity index (χ2v) is 8.99. The van der Waals surface area contributed by atoms with Crippen LogP contribution < -0.4 is 21.5 Å². The van der Waals surface area contributed by atoms with E-state index in [2.05, 4.69) is 35.3 Å². The lowest BCUT2D eigenvalue weighted by Crippen LogP contribution is -2.57. The number of amides is 2. The summed E-state index contributed by atoms with van der Waals surface area (Å²) >= 11 is 6.67. The third kappa shape index (κ3) is 6.17. The third-order valence-electron chi connectivity index (χ3n) is 5.30. The summed E-state index contributed by atoms with van der Waals surface area (Å²) in [5, 5.41) is 8.33. The summed E-state index contributed by atoms with van der Waals surface area (Å²) in [4.78, 5) is 25.4. The van der Waals surface area contributed by atoms with Crippen LogP contribution in [0.2, 0.25) is 0 Å². The molecule has 4 atom stereocenters. The number of carbonyl (C=O) groups excluding carboxylic acids is 2. The van der Waals surface area contributed by atoms with E-state index in [0.717, 1.165) is 6.42 Å². The van der Waals surface area contributed by atoms with Crippen LogP contribution in [0, 0.1) is 17.8 Å². The molecule has 1 aliphatic rings. The first-order chi connectivity index (χ1) is 12.8. The molecule has 1 aromatic rings. The zero-order valence-electron chi connectivity index (χ0n) is 16.4. The average molecular weight is 411 g/mol. The van der Waals surface area contributed by atoms with Gasteiger partial charge in [0.15, 0.2) is 5.11 Å². The van der Waals surface area contributed by atoms with Crippen LogP contribution in [0.25, 0.3) is 0 Å². The van der Waals surface area contributed by atoms with Crippen molar-refractivity contribution < 1.29 is 9.59 Å². The summed E-state index contributed by atoms with van der Waals surface area (Å²) in [5.74, 6) is 0.569.